The van der Waals surface area contributed by atoms with Crippen LogP contribution in [0.15, 0.2) is 78.9 Å². The summed E-state index contributed by atoms with van der Waals surface area (Å²) in [5.41, 5.74) is -0.414. The first-order chi connectivity index (χ1) is 12.1. The third kappa shape index (κ3) is 4.65. The summed E-state index contributed by atoms with van der Waals surface area (Å²) in [4.78, 5) is 12.9. The van der Waals surface area contributed by atoms with Crippen LogP contribution in [-0.2, 0) is 0 Å². The molecule has 0 atom stereocenters. The molecule has 5 heteroatoms. The molecule has 0 unspecified atom stereocenters. The van der Waals surface area contributed by atoms with Crippen LogP contribution in [0.2, 0.25) is 3.71 Å². The van der Waals surface area contributed by atoms with Gasteiger partial charge in [-0.1, -0.05) is 0 Å². The number of hydrogen-bond donors (Lipinski definition) is 0. The van der Waals surface area contributed by atoms with E-state index >= 15 is 0 Å². The number of rotatable bonds is 6. The molecule has 0 spiro atoms. The predicted octanol–water partition coefficient (Wildman–Crippen LogP) is 2.95. The van der Waals surface area contributed by atoms with Crippen LogP contribution in [0.3, 0.4) is 0 Å². The first-order valence-electron chi connectivity index (χ1n) is 7.57. The number of halogens is 2. The molecule has 0 aliphatic heterocycles. The zero-order chi connectivity index (χ0) is 17.6. The van der Waals surface area contributed by atoms with Gasteiger partial charge in [-0.05, 0) is 0 Å². The average molecular weight is 466 g/mol. The number of Topliss-reactive ketones (excluding diaryl/α,β-unsaturated/α-hetero) is 1. The Morgan fingerprint density at radius 3 is 1.56 bits per heavy atom. The first kappa shape index (κ1) is 18.0. The molecular formula is C20H14F2OSe2. The second kappa shape index (κ2) is 8.55. The summed E-state index contributed by atoms with van der Waals surface area (Å²) in [6, 6.07) is 22.9. The number of carbonyl (C=O) groups excluding carboxylic acids is 1. The summed E-state index contributed by atoms with van der Waals surface area (Å²) in [5.74, 6) is -2.02. The van der Waals surface area contributed by atoms with Gasteiger partial charge in [0.1, 0.15) is 0 Å². The monoisotopic (exact) mass is 468 g/mol. The van der Waals surface area contributed by atoms with E-state index in [4.69, 9.17) is 0 Å². The fourth-order valence-electron chi connectivity index (χ4n) is 2.23. The van der Waals surface area contributed by atoms with Gasteiger partial charge in [-0.15, -0.1) is 0 Å². The standard InChI is InChI=1S/C20H14F2OSe2/c21-16-12-7-13-17(22)18(16)19(23)20(24-14-8-3-1-4-9-14)25-15-10-5-2-6-11-15/h1-13,20H. The van der Waals surface area contributed by atoms with E-state index in [2.05, 4.69) is 0 Å². The SMILES string of the molecule is O=C(c1c(F)cccc1F)C([Se]c1ccccc1)[Se]c1ccccc1. The van der Waals surface area contributed by atoms with E-state index in [1.54, 1.807) is 0 Å². The van der Waals surface area contributed by atoms with Gasteiger partial charge in [-0.25, -0.2) is 0 Å². The van der Waals surface area contributed by atoms with E-state index in [-0.39, 0.29) is 29.9 Å². The van der Waals surface area contributed by atoms with Gasteiger partial charge in [-0.2, -0.15) is 0 Å². The molecule has 0 saturated heterocycles. The average Bonchev–Trinajstić information content (AvgIpc) is 2.63. The zero-order valence-electron chi connectivity index (χ0n) is 13.1. The summed E-state index contributed by atoms with van der Waals surface area (Å²) in [6.07, 6.45) is 0. The van der Waals surface area contributed by atoms with Gasteiger partial charge in [0.25, 0.3) is 0 Å². The summed E-state index contributed by atoms with van der Waals surface area (Å²) in [5, 5.41) is 0. The van der Waals surface area contributed by atoms with Crippen molar-refractivity contribution in [3.63, 3.8) is 0 Å². The van der Waals surface area contributed by atoms with Crippen molar-refractivity contribution in [3.05, 3.63) is 96.1 Å². The Balaban J connectivity index is 1.93. The molecule has 0 saturated carbocycles. The van der Waals surface area contributed by atoms with E-state index in [0.29, 0.717) is 0 Å². The molecule has 0 fully saturated rings. The summed E-state index contributed by atoms with van der Waals surface area (Å²) >= 11 is -0.411. The van der Waals surface area contributed by atoms with Crippen molar-refractivity contribution >= 4 is 44.6 Å². The minimum absolute atomic E-state index is 0.205. The Hall–Kier alpha value is -1.77. The van der Waals surface area contributed by atoms with Crippen LogP contribution in [0.25, 0.3) is 0 Å². The van der Waals surface area contributed by atoms with Crippen molar-refractivity contribution in [1.29, 1.82) is 0 Å². The van der Waals surface area contributed by atoms with Crippen molar-refractivity contribution < 1.29 is 13.6 Å². The molecule has 0 N–H and O–H groups in total. The van der Waals surface area contributed by atoms with Crippen molar-refractivity contribution in [2.45, 2.75) is 3.71 Å². The third-order valence-electron chi connectivity index (χ3n) is 3.40. The second-order valence-electron chi connectivity index (χ2n) is 5.15. The molecular weight excluding hydrogens is 452 g/mol. The second-order valence-corrected chi connectivity index (χ2v) is 11.6. The normalized spacial score (nSPS) is 10.8. The molecule has 0 amide bonds. The fraction of sp³-hybridized carbons (Fsp3) is 0.0500. The van der Waals surface area contributed by atoms with Crippen LogP contribution in [0, 0.1) is 11.6 Å². The molecule has 126 valence electrons. The van der Waals surface area contributed by atoms with Crippen LogP contribution in [0.4, 0.5) is 8.78 Å². The molecule has 0 radical (unpaired) electrons. The molecule has 1 nitrogen and oxygen atoms in total. The van der Waals surface area contributed by atoms with Gasteiger partial charge < -0.3 is 0 Å². The van der Waals surface area contributed by atoms with Crippen LogP contribution >= 0.6 is 0 Å². The van der Waals surface area contributed by atoms with Crippen molar-refractivity contribution in [2.24, 2.45) is 0 Å². The number of hydrogen-bond acceptors (Lipinski definition) is 1. The van der Waals surface area contributed by atoms with Crippen LogP contribution in [-0.4, -0.2) is 35.7 Å². The summed E-state index contributed by atoms with van der Waals surface area (Å²) in [6.45, 7) is 0. The van der Waals surface area contributed by atoms with Gasteiger partial charge in [0.2, 0.25) is 0 Å². The Kier molecular flexibility index (Phi) is 6.17. The maximum absolute atomic E-state index is 14.1. The summed E-state index contributed by atoms with van der Waals surface area (Å²) in [7, 11) is 0. The van der Waals surface area contributed by atoms with E-state index < -0.39 is 26.7 Å². The quantitative estimate of drug-likeness (QED) is 0.404. The van der Waals surface area contributed by atoms with Crippen molar-refractivity contribution in [1.82, 2.24) is 0 Å². The van der Waals surface area contributed by atoms with Crippen LogP contribution < -0.4 is 8.92 Å². The zero-order valence-corrected chi connectivity index (χ0v) is 16.5. The molecule has 3 aromatic carbocycles. The van der Waals surface area contributed by atoms with E-state index in [9.17, 15) is 13.6 Å². The van der Waals surface area contributed by atoms with E-state index in [1.807, 2.05) is 60.7 Å². The molecule has 0 aliphatic rings. The molecule has 0 aliphatic carbocycles. The minimum atomic E-state index is -0.789. The van der Waals surface area contributed by atoms with Crippen molar-refractivity contribution in [2.75, 3.05) is 0 Å². The van der Waals surface area contributed by atoms with Gasteiger partial charge in [0, 0.05) is 0 Å². The number of ketones is 1. The Morgan fingerprint density at radius 2 is 1.12 bits per heavy atom. The third-order valence-corrected chi connectivity index (χ3v) is 9.57. The molecule has 3 rings (SSSR count). The number of carbonyl (C=O) groups is 1. The molecule has 25 heavy (non-hydrogen) atoms. The fourth-order valence-corrected chi connectivity index (χ4v) is 8.58. The Morgan fingerprint density at radius 1 is 0.680 bits per heavy atom. The molecule has 0 heterocycles. The predicted molar refractivity (Wildman–Crippen MR) is 98.1 cm³/mol. The number of benzene rings is 3. The van der Waals surface area contributed by atoms with E-state index in [1.165, 1.54) is 6.07 Å². The van der Waals surface area contributed by atoms with Gasteiger partial charge in [0.15, 0.2) is 0 Å². The topological polar surface area (TPSA) is 17.1 Å². The van der Waals surface area contributed by atoms with Crippen LogP contribution in [0.5, 0.6) is 0 Å². The van der Waals surface area contributed by atoms with Gasteiger partial charge >= 0.3 is 158 Å². The Labute approximate surface area is 157 Å². The van der Waals surface area contributed by atoms with Gasteiger partial charge in [0.05, 0.1) is 0 Å². The first-order valence-corrected chi connectivity index (χ1v) is 11.3. The molecule has 0 aromatic heterocycles. The Bertz CT molecular complexity index is 792. The van der Waals surface area contributed by atoms with Gasteiger partial charge in [-0.3, -0.25) is 0 Å². The summed E-state index contributed by atoms with van der Waals surface area (Å²) < 4.78 is 29.9. The molecule has 0 bridgehead atoms. The maximum atomic E-state index is 14.1. The van der Waals surface area contributed by atoms with Crippen LogP contribution in [0.1, 0.15) is 10.4 Å². The van der Waals surface area contributed by atoms with E-state index in [0.717, 1.165) is 21.1 Å². The van der Waals surface area contributed by atoms with Crippen molar-refractivity contribution in [3.8, 4) is 0 Å². The molecule has 3 aromatic rings.